The second kappa shape index (κ2) is 5.96. The average Bonchev–Trinajstić information content (AvgIpc) is 3.04. The first kappa shape index (κ1) is 14.8. The van der Waals surface area contributed by atoms with E-state index >= 15 is 0 Å². The van der Waals surface area contributed by atoms with Crippen LogP contribution in [-0.4, -0.2) is 17.6 Å². The number of furan rings is 1. The number of nitrogens with zero attached hydrogens (tertiary/aromatic N) is 1. The van der Waals surface area contributed by atoms with E-state index < -0.39 is 0 Å². The Morgan fingerprint density at radius 1 is 1.32 bits per heavy atom. The molecule has 2 aromatic heterocycles. The molecule has 0 spiro atoms. The van der Waals surface area contributed by atoms with Gasteiger partial charge in [-0.05, 0) is 44.5 Å². The second-order valence-electron chi connectivity index (χ2n) is 5.10. The molecule has 1 N–H and O–H groups in total. The van der Waals surface area contributed by atoms with E-state index in [2.05, 4.69) is 26.4 Å². The Bertz CT molecular complexity index is 816. The van der Waals surface area contributed by atoms with Crippen molar-refractivity contribution in [1.29, 1.82) is 0 Å². The van der Waals surface area contributed by atoms with E-state index in [0.717, 1.165) is 26.9 Å². The highest BCUT2D eigenvalue weighted by Crippen LogP contribution is 2.23. The van der Waals surface area contributed by atoms with Gasteiger partial charge in [0.1, 0.15) is 11.3 Å². The Kier molecular flexibility index (Phi) is 4.02. The number of aryl methyl sites for hydroxylation is 2. The molecule has 0 atom stereocenters. The fourth-order valence-corrected chi connectivity index (χ4v) is 2.70. The molecular weight excluding hydrogens is 348 g/mol. The van der Waals surface area contributed by atoms with Crippen LogP contribution in [0.25, 0.3) is 11.0 Å². The number of benzene rings is 1. The second-order valence-corrected chi connectivity index (χ2v) is 6.02. The molecule has 0 fully saturated rings. The molecule has 0 saturated heterocycles. The van der Waals surface area contributed by atoms with Gasteiger partial charge in [0.05, 0.1) is 5.69 Å². The van der Waals surface area contributed by atoms with Gasteiger partial charge in [0.15, 0.2) is 5.76 Å². The van der Waals surface area contributed by atoms with Crippen LogP contribution in [0.15, 0.2) is 37.7 Å². The SMILES string of the molecule is Cc1noc(C)c1CCNC(=O)c1cc2ccc(Br)cc2o1. The fraction of sp³-hybridized carbons (Fsp3) is 0.250. The topological polar surface area (TPSA) is 68.3 Å². The van der Waals surface area contributed by atoms with Crippen LogP contribution in [0.5, 0.6) is 0 Å². The van der Waals surface area contributed by atoms with Gasteiger partial charge in [-0.1, -0.05) is 21.1 Å². The number of carbonyl (C=O) groups excluding carboxylic acids is 1. The minimum absolute atomic E-state index is 0.223. The van der Waals surface area contributed by atoms with E-state index in [1.54, 1.807) is 6.07 Å². The first-order valence-corrected chi connectivity index (χ1v) is 7.73. The molecule has 0 saturated carbocycles. The van der Waals surface area contributed by atoms with Crippen molar-refractivity contribution < 1.29 is 13.7 Å². The Morgan fingerprint density at radius 3 is 2.86 bits per heavy atom. The number of rotatable bonds is 4. The van der Waals surface area contributed by atoms with Crippen molar-refractivity contribution in [3.05, 3.63) is 51.5 Å². The number of nitrogens with one attached hydrogen (secondary N) is 1. The first-order valence-electron chi connectivity index (χ1n) is 6.93. The van der Waals surface area contributed by atoms with Crippen molar-refractivity contribution in [2.24, 2.45) is 0 Å². The summed E-state index contributed by atoms with van der Waals surface area (Å²) in [5.74, 6) is 0.881. The highest BCUT2D eigenvalue weighted by molar-refractivity contribution is 9.10. The maximum absolute atomic E-state index is 12.1. The lowest BCUT2D eigenvalue weighted by atomic mass is 10.1. The van der Waals surface area contributed by atoms with Gasteiger partial charge in [0.2, 0.25) is 0 Å². The zero-order valence-corrected chi connectivity index (χ0v) is 13.9. The third-order valence-electron chi connectivity index (χ3n) is 3.55. The zero-order chi connectivity index (χ0) is 15.7. The maximum Gasteiger partial charge on any atom is 0.287 e. The van der Waals surface area contributed by atoms with E-state index in [-0.39, 0.29) is 5.91 Å². The summed E-state index contributed by atoms with van der Waals surface area (Å²) in [7, 11) is 0. The molecule has 3 rings (SSSR count). The molecular formula is C16H15BrN2O3. The lowest BCUT2D eigenvalue weighted by molar-refractivity contribution is 0.0928. The monoisotopic (exact) mass is 362 g/mol. The highest BCUT2D eigenvalue weighted by Gasteiger charge is 2.13. The number of carbonyl (C=O) groups is 1. The highest BCUT2D eigenvalue weighted by atomic mass is 79.9. The van der Waals surface area contributed by atoms with Crippen LogP contribution in [0.2, 0.25) is 0 Å². The van der Waals surface area contributed by atoms with Crippen LogP contribution < -0.4 is 5.32 Å². The summed E-state index contributed by atoms with van der Waals surface area (Å²) >= 11 is 3.38. The minimum atomic E-state index is -0.223. The predicted molar refractivity (Wildman–Crippen MR) is 85.9 cm³/mol. The van der Waals surface area contributed by atoms with Crippen LogP contribution in [-0.2, 0) is 6.42 Å². The summed E-state index contributed by atoms with van der Waals surface area (Å²) in [5.41, 5.74) is 2.58. The molecule has 0 aliphatic rings. The fourth-order valence-electron chi connectivity index (χ4n) is 2.36. The lowest BCUT2D eigenvalue weighted by Gasteiger charge is -2.02. The molecule has 22 heavy (non-hydrogen) atoms. The maximum atomic E-state index is 12.1. The summed E-state index contributed by atoms with van der Waals surface area (Å²) in [5, 5.41) is 7.65. The number of fused-ring (bicyclic) bond motifs is 1. The summed E-state index contributed by atoms with van der Waals surface area (Å²) in [6.45, 7) is 4.27. The van der Waals surface area contributed by atoms with Crippen LogP contribution in [0.4, 0.5) is 0 Å². The Labute approximate surface area is 135 Å². The molecule has 114 valence electrons. The third kappa shape index (κ3) is 2.92. The molecule has 0 bridgehead atoms. The zero-order valence-electron chi connectivity index (χ0n) is 12.3. The van der Waals surface area contributed by atoms with E-state index in [1.807, 2.05) is 32.0 Å². The van der Waals surface area contributed by atoms with E-state index in [1.165, 1.54) is 0 Å². The van der Waals surface area contributed by atoms with Gasteiger partial charge in [-0.3, -0.25) is 4.79 Å². The summed E-state index contributed by atoms with van der Waals surface area (Å²) in [4.78, 5) is 12.1. The standard InChI is InChI=1S/C16H15BrN2O3/c1-9-13(10(2)22-19-9)5-6-18-16(20)15-7-11-3-4-12(17)8-14(11)21-15/h3-4,7-8H,5-6H2,1-2H3,(H,18,20). The summed E-state index contributed by atoms with van der Waals surface area (Å²) < 4.78 is 11.6. The number of halogens is 1. The minimum Gasteiger partial charge on any atom is -0.451 e. The van der Waals surface area contributed by atoms with Crippen molar-refractivity contribution in [3.8, 4) is 0 Å². The quantitative estimate of drug-likeness (QED) is 0.766. The molecule has 1 amide bonds. The van der Waals surface area contributed by atoms with E-state index in [0.29, 0.717) is 24.3 Å². The van der Waals surface area contributed by atoms with Gasteiger partial charge in [0, 0.05) is 22.0 Å². The number of amides is 1. The van der Waals surface area contributed by atoms with Crippen molar-refractivity contribution in [3.63, 3.8) is 0 Å². The van der Waals surface area contributed by atoms with E-state index in [4.69, 9.17) is 8.94 Å². The van der Waals surface area contributed by atoms with Gasteiger partial charge in [-0.15, -0.1) is 0 Å². The molecule has 0 radical (unpaired) electrons. The average molecular weight is 363 g/mol. The van der Waals surface area contributed by atoms with Gasteiger partial charge in [0.25, 0.3) is 5.91 Å². The van der Waals surface area contributed by atoms with Gasteiger partial charge >= 0.3 is 0 Å². The van der Waals surface area contributed by atoms with Crippen molar-refractivity contribution in [1.82, 2.24) is 10.5 Å². The Balaban J connectivity index is 1.66. The van der Waals surface area contributed by atoms with Crippen LogP contribution in [0.3, 0.4) is 0 Å². The molecule has 5 nitrogen and oxygen atoms in total. The summed E-state index contributed by atoms with van der Waals surface area (Å²) in [6, 6.07) is 7.41. The lowest BCUT2D eigenvalue weighted by Crippen LogP contribution is -2.25. The molecule has 2 heterocycles. The molecule has 0 unspecified atom stereocenters. The van der Waals surface area contributed by atoms with Crippen molar-refractivity contribution >= 4 is 32.8 Å². The van der Waals surface area contributed by atoms with Crippen LogP contribution in [0, 0.1) is 13.8 Å². The number of aromatic nitrogens is 1. The van der Waals surface area contributed by atoms with Crippen LogP contribution >= 0.6 is 15.9 Å². The smallest absolute Gasteiger partial charge is 0.287 e. The van der Waals surface area contributed by atoms with Gasteiger partial charge < -0.3 is 14.3 Å². The van der Waals surface area contributed by atoms with Crippen molar-refractivity contribution in [2.75, 3.05) is 6.54 Å². The first-order chi connectivity index (χ1) is 10.5. The number of hydrogen-bond donors (Lipinski definition) is 1. The van der Waals surface area contributed by atoms with Gasteiger partial charge in [-0.25, -0.2) is 0 Å². The van der Waals surface area contributed by atoms with E-state index in [9.17, 15) is 4.79 Å². The molecule has 3 aromatic rings. The Morgan fingerprint density at radius 2 is 2.14 bits per heavy atom. The van der Waals surface area contributed by atoms with Gasteiger partial charge in [-0.2, -0.15) is 0 Å². The Hall–Kier alpha value is -2.08. The predicted octanol–water partition coefficient (Wildman–Crippen LogP) is 3.77. The van der Waals surface area contributed by atoms with Crippen molar-refractivity contribution in [2.45, 2.75) is 20.3 Å². The van der Waals surface area contributed by atoms with Crippen LogP contribution in [0.1, 0.15) is 27.6 Å². The molecule has 6 heteroatoms. The normalized spacial score (nSPS) is 11.0. The molecule has 1 aromatic carbocycles. The molecule has 0 aliphatic carbocycles. The number of hydrogen-bond acceptors (Lipinski definition) is 4. The third-order valence-corrected chi connectivity index (χ3v) is 4.04. The molecule has 0 aliphatic heterocycles. The summed E-state index contributed by atoms with van der Waals surface area (Å²) in [6.07, 6.45) is 0.679. The largest absolute Gasteiger partial charge is 0.451 e.